The summed E-state index contributed by atoms with van der Waals surface area (Å²) in [6, 6.07) is 29.6. The van der Waals surface area contributed by atoms with Crippen LogP contribution in [0.1, 0.15) is 37.4 Å². The van der Waals surface area contributed by atoms with E-state index in [4.69, 9.17) is 0 Å². The lowest BCUT2D eigenvalue weighted by Gasteiger charge is -2.44. The van der Waals surface area contributed by atoms with Crippen LogP contribution in [-0.4, -0.2) is 18.5 Å². The molecule has 1 heterocycles. The highest BCUT2D eigenvalue weighted by atomic mass is 16.2. The monoisotopic (exact) mass is 384 g/mol. The fourth-order valence-electron chi connectivity index (χ4n) is 4.49. The molecule has 29 heavy (non-hydrogen) atoms. The Balaban J connectivity index is 1.66. The van der Waals surface area contributed by atoms with Crippen molar-refractivity contribution in [3.05, 3.63) is 96.1 Å². The summed E-state index contributed by atoms with van der Waals surface area (Å²) < 4.78 is 0. The highest BCUT2D eigenvalue weighted by Crippen LogP contribution is 2.42. The molecule has 2 atom stereocenters. The second kappa shape index (κ2) is 8.52. The Labute approximate surface area is 173 Å². The number of nitrogens with zero attached hydrogens (tertiary/aromatic N) is 2. The number of carbonyl (C=O) groups is 1. The third-order valence-corrected chi connectivity index (χ3v) is 5.87. The van der Waals surface area contributed by atoms with Crippen LogP contribution in [0.25, 0.3) is 0 Å². The van der Waals surface area contributed by atoms with Gasteiger partial charge in [-0.1, -0.05) is 66.7 Å². The molecule has 0 spiro atoms. The lowest BCUT2D eigenvalue weighted by Crippen LogP contribution is -2.45. The minimum atomic E-state index is 0.0501. The minimum absolute atomic E-state index is 0.0501. The minimum Gasteiger partial charge on any atom is -0.368 e. The van der Waals surface area contributed by atoms with Gasteiger partial charge in [0.2, 0.25) is 5.91 Å². The molecule has 3 aromatic carbocycles. The molecule has 0 aliphatic carbocycles. The van der Waals surface area contributed by atoms with Gasteiger partial charge in [-0.05, 0) is 49.1 Å². The van der Waals surface area contributed by atoms with Crippen molar-refractivity contribution in [3.8, 4) is 0 Å². The number of amides is 1. The van der Waals surface area contributed by atoms with Gasteiger partial charge in [-0.3, -0.25) is 4.79 Å². The molecule has 0 bridgehead atoms. The smallest absolute Gasteiger partial charge is 0.224 e. The van der Waals surface area contributed by atoms with Crippen LogP contribution in [0.15, 0.2) is 84.9 Å². The number of fused-ring (bicyclic) bond motifs is 1. The quantitative estimate of drug-likeness (QED) is 0.570. The first-order valence-corrected chi connectivity index (χ1v) is 10.4. The molecular formula is C26H28N2O. The van der Waals surface area contributed by atoms with Gasteiger partial charge in [-0.2, -0.15) is 0 Å². The molecule has 0 radical (unpaired) electrons. The highest BCUT2D eigenvalue weighted by Gasteiger charge is 2.35. The Bertz CT molecular complexity index is 955. The van der Waals surface area contributed by atoms with Crippen molar-refractivity contribution in [3.63, 3.8) is 0 Å². The van der Waals surface area contributed by atoms with Crippen molar-refractivity contribution < 1.29 is 4.79 Å². The van der Waals surface area contributed by atoms with Crippen LogP contribution >= 0.6 is 0 Å². The summed E-state index contributed by atoms with van der Waals surface area (Å²) in [4.78, 5) is 17.1. The number of carbonyl (C=O) groups excluding carboxylic acids is 1. The van der Waals surface area contributed by atoms with Crippen LogP contribution in [0.3, 0.4) is 0 Å². The zero-order valence-corrected chi connectivity index (χ0v) is 17.2. The maximum absolute atomic E-state index is 12.7. The first kappa shape index (κ1) is 19.3. The number of anilines is 2. The van der Waals surface area contributed by atoms with E-state index in [1.54, 1.807) is 6.92 Å². The average Bonchev–Trinajstić information content (AvgIpc) is 2.75. The SMILES string of the molecule is CC(=O)N(c1ccccc1)[C@@H]1C[C@H](C)N(CCc2ccccc2)c2ccccc21. The van der Waals surface area contributed by atoms with E-state index in [9.17, 15) is 4.79 Å². The van der Waals surface area contributed by atoms with E-state index in [0.29, 0.717) is 6.04 Å². The highest BCUT2D eigenvalue weighted by molar-refractivity contribution is 5.92. The molecule has 0 aromatic heterocycles. The largest absolute Gasteiger partial charge is 0.368 e. The van der Waals surface area contributed by atoms with Crippen LogP contribution in [0, 0.1) is 0 Å². The van der Waals surface area contributed by atoms with Crippen LogP contribution in [0.4, 0.5) is 11.4 Å². The molecule has 0 saturated carbocycles. The molecule has 0 N–H and O–H groups in total. The second-order valence-corrected chi connectivity index (χ2v) is 7.81. The number of benzene rings is 3. The van der Waals surface area contributed by atoms with E-state index >= 15 is 0 Å². The maximum Gasteiger partial charge on any atom is 0.224 e. The van der Waals surface area contributed by atoms with E-state index in [1.165, 1.54) is 16.8 Å². The Morgan fingerprint density at radius 2 is 1.55 bits per heavy atom. The molecular weight excluding hydrogens is 356 g/mol. The third-order valence-electron chi connectivity index (χ3n) is 5.87. The van der Waals surface area contributed by atoms with Gasteiger partial charge in [0, 0.05) is 30.9 Å². The summed E-state index contributed by atoms with van der Waals surface area (Å²) in [5.41, 5.74) is 4.80. The summed E-state index contributed by atoms with van der Waals surface area (Å²) in [6.45, 7) is 4.92. The van der Waals surface area contributed by atoms with Gasteiger partial charge in [0.25, 0.3) is 0 Å². The number of hydrogen-bond acceptors (Lipinski definition) is 2. The first-order valence-electron chi connectivity index (χ1n) is 10.4. The van der Waals surface area contributed by atoms with E-state index < -0.39 is 0 Å². The number of para-hydroxylation sites is 2. The molecule has 1 aliphatic heterocycles. The van der Waals surface area contributed by atoms with Crippen molar-refractivity contribution in [1.29, 1.82) is 0 Å². The van der Waals surface area contributed by atoms with E-state index in [1.807, 2.05) is 35.2 Å². The first-order chi connectivity index (χ1) is 14.1. The number of rotatable bonds is 5. The normalized spacial score (nSPS) is 18.2. The lowest BCUT2D eigenvalue weighted by molar-refractivity contribution is -0.117. The molecule has 148 valence electrons. The summed E-state index contributed by atoms with van der Waals surface area (Å²) in [5, 5.41) is 0. The Morgan fingerprint density at radius 3 is 2.24 bits per heavy atom. The fourth-order valence-corrected chi connectivity index (χ4v) is 4.49. The van der Waals surface area contributed by atoms with Crippen LogP contribution in [0.5, 0.6) is 0 Å². The van der Waals surface area contributed by atoms with Gasteiger partial charge in [0.1, 0.15) is 0 Å². The van der Waals surface area contributed by atoms with Gasteiger partial charge in [0.15, 0.2) is 0 Å². The van der Waals surface area contributed by atoms with Gasteiger partial charge >= 0.3 is 0 Å². The van der Waals surface area contributed by atoms with Gasteiger partial charge in [-0.15, -0.1) is 0 Å². The van der Waals surface area contributed by atoms with Crippen molar-refractivity contribution in [2.24, 2.45) is 0 Å². The standard InChI is InChI=1S/C26H28N2O/c1-20-19-26(28(21(2)29)23-13-7-4-8-14-23)24-15-9-10-16-25(24)27(20)18-17-22-11-5-3-6-12-22/h3-16,20,26H,17-19H2,1-2H3/t20-,26+/m0/s1. The Morgan fingerprint density at radius 1 is 0.931 bits per heavy atom. The van der Waals surface area contributed by atoms with E-state index in [2.05, 4.69) is 66.4 Å². The molecule has 1 aliphatic rings. The zero-order chi connectivity index (χ0) is 20.2. The third kappa shape index (κ3) is 4.04. The van der Waals surface area contributed by atoms with Crippen molar-refractivity contribution in [2.75, 3.05) is 16.3 Å². The molecule has 3 aromatic rings. The van der Waals surface area contributed by atoms with E-state index in [0.717, 1.165) is 25.1 Å². The zero-order valence-electron chi connectivity index (χ0n) is 17.2. The molecule has 3 heteroatoms. The van der Waals surface area contributed by atoms with Crippen LogP contribution < -0.4 is 9.80 Å². The van der Waals surface area contributed by atoms with Crippen LogP contribution in [0.2, 0.25) is 0 Å². The molecule has 0 fully saturated rings. The number of hydrogen-bond donors (Lipinski definition) is 0. The van der Waals surface area contributed by atoms with Crippen molar-refractivity contribution >= 4 is 17.3 Å². The molecule has 1 amide bonds. The van der Waals surface area contributed by atoms with Crippen molar-refractivity contribution in [1.82, 2.24) is 0 Å². The average molecular weight is 385 g/mol. The van der Waals surface area contributed by atoms with E-state index in [-0.39, 0.29) is 11.9 Å². The fraction of sp³-hybridized carbons (Fsp3) is 0.269. The molecule has 4 rings (SSSR count). The Kier molecular flexibility index (Phi) is 5.66. The summed E-state index contributed by atoms with van der Waals surface area (Å²) in [7, 11) is 0. The predicted octanol–water partition coefficient (Wildman–Crippen LogP) is 5.62. The Hall–Kier alpha value is -3.07. The van der Waals surface area contributed by atoms with Gasteiger partial charge in [-0.25, -0.2) is 0 Å². The summed E-state index contributed by atoms with van der Waals surface area (Å²) in [5.74, 6) is 0.0842. The van der Waals surface area contributed by atoms with Gasteiger partial charge in [0.05, 0.1) is 6.04 Å². The lowest BCUT2D eigenvalue weighted by atomic mass is 9.89. The summed E-state index contributed by atoms with van der Waals surface area (Å²) >= 11 is 0. The molecule has 3 nitrogen and oxygen atoms in total. The molecule has 0 saturated heterocycles. The topological polar surface area (TPSA) is 23.6 Å². The van der Waals surface area contributed by atoms with Crippen molar-refractivity contribution in [2.45, 2.75) is 38.8 Å². The maximum atomic E-state index is 12.7. The van der Waals surface area contributed by atoms with Crippen LogP contribution in [-0.2, 0) is 11.2 Å². The molecule has 0 unspecified atom stereocenters. The predicted molar refractivity (Wildman–Crippen MR) is 120 cm³/mol. The summed E-state index contributed by atoms with van der Waals surface area (Å²) in [6.07, 6.45) is 1.93. The van der Waals surface area contributed by atoms with Gasteiger partial charge < -0.3 is 9.80 Å². The second-order valence-electron chi connectivity index (χ2n) is 7.81.